The highest BCUT2D eigenvalue weighted by atomic mass is 32.2. The molecule has 0 aliphatic carbocycles. The quantitative estimate of drug-likeness (QED) is 0.480. The Bertz CT molecular complexity index is 1290. The van der Waals surface area contributed by atoms with Crippen molar-refractivity contribution in [2.75, 3.05) is 26.2 Å². The summed E-state index contributed by atoms with van der Waals surface area (Å²) in [6.45, 7) is 2.69. The molecular weight excluding hydrogens is 398 g/mol. The van der Waals surface area contributed by atoms with Gasteiger partial charge in [0.15, 0.2) is 0 Å². The predicted molar refractivity (Wildman–Crippen MR) is 118 cm³/mol. The monoisotopic (exact) mass is 421 g/mol. The summed E-state index contributed by atoms with van der Waals surface area (Å²) in [5, 5.41) is 3.02. The van der Waals surface area contributed by atoms with Crippen LogP contribution in [0, 0.1) is 0 Å². The predicted octanol–water partition coefficient (Wildman–Crippen LogP) is 3.36. The van der Waals surface area contributed by atoms with Crippen molar-refractivity contribution in [3.8, 4) is 5.75 Å². The highest BCUT2D eigenvalue weighted by Gasteiger charge is 2.30. The number of aromatic nitrogens is 1. The van der Waals surface area contributed by atoms with Crippen LogP contribution in [-0.4, -0.2) is 50.6 Å². The molecule has 0 atom stereocenters. The largest absolute Gasteiger partial charge is 0.492 e. The maximum atomic E-state index is 12.7. The molecule has 1 aromatic heterocycles. The second-order valence-corrected chi connectivity index (χ2v) is 9.34. The summed E-state index contributed by atoms with van der Waals surface area (Å²) in [6, 6.07) is 20.9. The van der Waals surface area contributed by atoms with Gasteiger partial charge in [-0.05, 0) is 41.1 Å². The van der Waals surface area contributed by atoms with Crippen molar-refractivity contribution in [1.82, 2.24) is 14.6 Å². The number of hydrogen-bond donors (Lipinski definition) is 2. The lowest BCUT2D eigenvalue weighted by molar-refractivity contribution is 0.117. The van der Waals surface area contributed by atoms with Gasteiger partial charge in [0.2, 0.25) is 10.0 Å². The number of aromatic amines is 1. The fourth-order valence-electron chi connectivity index (χ4n) is 3.92. The average Bonchev–Trinajstić information content (AvgIpc) is 3.21. The van der Waals surface area contributed by atoms with E-state index in [0.29, 0.717) is 24.6 Å². The van der Waals surface area contributed by atoms with Crippen molar-refractivity contribution < 1.29 is 13.2 Å². The number of ether oxygens (including phenoxy) is 1. The van der Waals surface area contributed by atoms with E-state index in [4.69, 9.17) is 4.74 Å². The van der Waals surface area contributed by atoms with Gasteiger partial charge in [-0.1, -0.05) is 36.4 Å². The molecule has 2 heterocycles. The number of sulfonamides is 1. The summed E-state index contributed by atoms with van der Waals surface area (Å²) >= 11 is 0. The Hall–Kier alpha value is -2.87. The third kappa shape index (κ3) is 3.79. The van der Waals surface area contributed by atoms with Gasteiger partial charge in [0.05, 0.1) is 4.90 Å². The van der Waals surface area contributed by atoms with Crippen LogP contribution in [0.3, 0.4) is 0 Å². The van der Waals surface area contributed by atoms with Gasteiger partial charge in [0.1, 0.15) is 12.4 Å². The molecule has 154 valence electrons. The van der Waals surface area contributed by atoms with E-state index in [1.54, 1.807) is 12.1 Å². The molecule has 3 aromatic carbocycles. The smallest absolute Gasteiger partial charge is 0.240 e. The number of benzene rings is 3. The molecule has 1 fully saturated rings. The van der Waals surface area contributed by atoms with Crippen molar-refractivity contribution in [1.29, 1.82) is 0 Å². The Morgan fingerprint density at radius 3 is 2.70 bits per heavy atom. The average molecular weight is 422 g/mol. The zero-order chi connectivity index (χ0) is 20.6. The van der Waals surface area contributed by atoms with Gasteiger partial charge in [-0.2, -0.15) is 0 Å². The van der Waals surface area contributed by atoms with Gasteiger partial charge in [0.25, 0.3) is 0 Å². The highest BCUT2D eigenvalue weighted by Crippen LogP contribution is 2.24. The van der Waals surface area contributed by atoms with Crippen LogP contribution in [0.2, 0.25) is 0 Å². The molecule has 6 nitrogen and oxygen atoms in total. The Morgan fingerprint density at radius 1 is 1.00 bits per heavy atom. The topological polar surface area (TPSA) is 74.4 Å². The molecule has 30 heavy (non-hydrogen) atoms. The molecule has 0 amide bonds. The molecule has 0 unspecified atom stereocenters. The molecule has 0 saturated carbocycles. The Kier molecular flexibility index (Phi) is 4.94. The maximum Gasteiger partial charge on any atom is 0.240 e. The lowest BCUT2D eigenvalue weighted by Crippen LogP contribution is -2.59. The number of nitrogens with one attached hydrogen (secondary N) is 2. The summed E-state index contributed by atoms with van der Waals surface area (Å²) < 4.78 is 34.2. The van der Waals surface area contributed by atoms with Crippen LogP contribution in [0.15, 0.2) is 77.8 Å². The lowest BCUT2D eigenvalue weighted by Gasteiger charge is -2.39. The number of rotatable bonds is 7. The number of nitrogens with zero attached hydrogens (tertiary/aromatic N) is 1. The molecular formula is C23H23N3O3S. The SMILES string of the molecule is O=S(=O)(NC1CN(CCOc2cccc3[nH]ccc23)C1)c1ccc2ccccc2c1. The number of fused-ring (bicyclic) bond motifs is 2. The lowest BCUT2D eigenvalue weighted by atomic mass is 10.1. The van der Waals surface area contributed by atoms with Gasteiger partial charge in [0, 0.05) is 42.8 Å². The summed E-state index contributed by atoms with van der Waals surface area (Å²) in [5.74, 6) is 0.864. The third-order valence-corrected chi connectivity index (χ3v) is 7.05. The summed E-state index contributed by atoms with van der Waals surface area (Å²) in [7, 11) is -3.53. The van der Waals surface area contributed by atoms with Crippen LogP contribution in [0.1, 0.15) is 0 Å². The molecule has 0 radical (unpaired) electrons. The van der Waals surface area contributed by atoms with E-state index in [1.807, 2.05) is 60.8 Å². The van der Waals surface area contributed by atoms with Gasteiger partial charge in [-0.3, -0.25) is 4.90 Å². The minimum absolute atomic E-state index is 0.0745. The van der Waals surface area contributed by atoms with Gasteiger partial charge in [-0.25, -0.2) is 13.1 Å². The van der Waals surface area contributed by atoms with E-state index in [-0.39, 0.29) is 6.04 Å². The Labute approximate surface area is 175 Å². The number of likely N-dealkylation sites (tertiary alicyclic amines) is 1. The first kappa shape index (κ1) is 19.1. The molecule has 1 aliphatic heterocycles. The van der Waals surface area contributed by atoms with Crippen molar-refractivity contribution in [2.45, 2.75) is 10.9 Å². The fourth-order valence-corrected chi connectivity index (χ4v) is 5.17. The first-order chi connectivity index (χ1) is 14.6. The van der Waals surface area contributed by atoms with E-state index >= 15 is 0 Å². The molecule has 2 N–H and O–H groups in total. The Balaban J connectivity index is 1.13. The molecule has 1 aliphatic rings. The summed E-state index contributed by atoms with van der Waals surface area (Å²) in [4.78, 5) is 5.67. The van der Waals surface area contributed by atoms with Crippen molar-refractivity contribution in [2.24, 2.45) is 0 Å². The molecule has 0 bridgehead atoms. The van der Waals surface area contributed by atoms with Gasteiger partial charge < -0.3 is 9.72 Å². The first-order valence-electron chi connectivity index (χ1n) is 10.0. The standard InChI is InChI=1S/C23H23N3O3S/c27-30(28,20-9-8-17-4-1-2-5-18(17)14-20)25-19-15-26(16-19)12-13-29-23-7-3-6-22-21(23)10-11-24-22/h1-11,14,19,24-25H,12-13,15-16H2. The molecule has 5 rings (SSSR count). The van der Waals surface area contributed by atoms with Crippen LogP contribution < -0.4 is 9.46 Å². The first-order valence-corrected chi connectivity index (χ1v) is 11.5. The zero-order valence-corrected chi connectivity index (χ0v) is 17.2. The van der Waals surface area contributed by atoms with Crippen LogP contribution >= 0.6 is 0 Å². The summed E-state index contributed by atoms with van der Waals surface area (Å²) in [6.07, 6.45) is 1.90. The number of hydrogen-bond acceptors (Lipinski definition) is 4. The van der Waals surface area contributed by atoms with E-state index in [0.717, 1.165) is 34.0 Å². The summed E-state index contributed by atoms with van der Waals surface area (Å²) in [5.41, 5.74) is 1.06. The van der Waals surface area contributed by atoms with E-state index in [2.05, 4.69) is 14.6 Å². The fraction of sp³-hybridized carbons (Fsp3) is 0.217. The zero-order valence-electron chi connectivity index (χ0n) is 16.4. The third-order valence-electron chi connectivity index (χ3n) is 5.53. The maximum absolute atomic E-state index is 12.7. The van der Waals surface area contributed by atoms with Gasteiger partial charge >= 0.3 is 0 Å². The molecule has 7 heteroatoms. The van der Waals surface area contributed by atoms with Gasteiger partial charge in [-0.15, -0.1) is 0 Å². The molecule has 4 aromatic rings. The second-order valence-electron chi connectivity index (χ2n) is 7.63. The van der Waals surface area contributed by atoms with Crippen molar-refractivity contribution >= 4 is 31.7 Å². The normalized spacial score (nSPS) is 15.5. The molecule has 0 spiro atoms. The van der Waals surface area contributed by atoms with Crippen LogP contribution in [0.25, 0.3) is 21.7 Å². The Morgan fingerprint density at radius 2 is 1.83 bits per heavy atom. The van der Waals surface area contributed by atoms with Crippen molar-refractivity contribution in [3.63, 3.8) is 0 Å². The van der Waals surface area contributed by atoms with E-state index in [1.165, 1.54) is 0 Å². The van der Waals surface area contributed by atoms with E-state index < -0.39 is 10.0 Å². The highest BCUT2D eigenvalue weighted by molar-refractivity contribution is 7.89. The molecule has 1 saturated heterocycles. The minimum atomic E-state index is -3.53. The van der Waals surface area contributed by atoms with E-state index in [9.17, 15) is 8.42 Å². The minimum Gasteiger partial charge on any atom is -0.492 e. The van der Waals surface area contributed by atoms with Crippen molar-refractivity contribution in [3.05, 3.63) is 72.9 Å². The van der Waals surface area contributed by atoms with Crippen LogP contribution in [-0.2, 0) is 10.0 Å². The van der Waals surface area contributed by atoms with Crippen LogP contribution in [0.5, 0.6) is 5.75 Å². The number of H-pyrrole nitrogens is 1. The van der Waals surface area contributed by atoms with Crippen LogP contribution in [0.4, 0.5) is 0 Å². The second kappa shape index (κ2) is 7.75.